The van der Waals surface area contributed by atoms with Gasteiger partial charge in [-0.05, 0) is 24.3 Å². The average Bonchev–Trinajstić information content (AvgIpc) is 2.79. The molecule has 2 heterocycles. The van der Waals surface area contributed by atoms with Crippen molar-refractivity contribution in [1.82, 2.24) is 4.90 Å². The highest BCUT2D eigenvalue weighted by atomic mass is 16.5. The van der Waals surface area contributed by atoms with Gasteiger partial charge in [0.05, 0.1) is 39.2 Å². The van der Waals surface area contributed by atoms with E-state index in [0.717, 1.165) is 5.75 Å². The Kier molecular flexibility index (Phi) is 6.02. The summed E-state index contributed by atoms with van der Waals surface area (Å²) >= 11 is 0. The molecule has 0 aliphatic carbocycles. The topological polar surface area (TPSA) is 74.3 Å². The molecule has 31 heavy (non-hydrogen) atoms. The Morgan fingerprint density at radius 3 is 2.48 bits per heavy atom. The van der Waals surface area contributed by atoms with E-state index in [1.807, 2.05) is 35.2 Å². The standard InChI is InChI=1S/C24H27NO6/c1-28-20-9-8-18-19(26)16-24(31-22(18)23(20)29-2)11-13-25(14-12-24)21(27)10-15-30-17-6-4-3-5-7-17/h3-9H,10-16H2,1-2H3. The van der Waals surface area contributed by atoms with Crippen molar-refractivity contribution in [2.45, 2.75) is 31.3 Å². The summed E-state index contributed by atoms with van der Waals surface area (Å²) in [6.07, 6.45) is 1.79. The van der Waals surface area contributed by atoms with Gasteiger partial charge in [-0.3, -0.25) is 9.59 Å². The molecule has 164 valence electrons. The minimum absolute atomic E-state index is 0.0261. The largest absolute Gasteiger partial charge is 0.493 e. The fourth-order valence-corrected chi connectivity index (χ4v) is 4.23. The molecule has 4 rings (SSSR count). The highest BCUT2D eigenvalue weighted by Crippen LogP contribution is 2.47. The first kappa shape index (κ1) is 21.0. The van der Waals surface area contributed by atoms with Gasteiger partial charge < -0.3 is 23.8 Å². The molecule has 0 aromatic heterocycles. The molecule has 7 nitrogen and oxygen atoms in total. The Hall–Kier alpha value is -3.22. The highest BCUT2D eigenvalue weighted by Gasteiger charge is 2.45. The zero-order valence-corrected chi connectivity index (χ0v) is 17.9. The first-order valence-electron chi connectivity index (χ1n) is 10.5. The smallest absolute Gasteiger partial charge is 0.226 e. The number of methoxy groups -OCH3 is 2. The van der Waals surface area contributed by atoms with Gasteiger partial charge in [0.25, 0.3) is 0 Å². The van der Waals surface area contributed by atoms with Gasteiger partial charge in [-0.2, -0.15) is 0 Å². The average molecular weight is 425 g/mol. The number of amides is 1. The summed E-state index contributed by atoms with van der Waals surface area (Å²) in [4.78, 5) is 27.3. The Morgan fingerprint density at radius 2 is 1.81 bits per heavy atom. The number of carbonyl (C=O) groups is 2. The van der Waals surface area contributed by atoms with Gasteiger partial charge in [-0.1, -0.05) is 18.2 Å². The Labute approximate surface area is 181 Å². The highest BCUT2D eigenvalue weighted by molar-refractivity contribution is 6.01. The predicted octanol–water partition coefficient (Wildman–Crippen LogP) is 3.50. The van der Waals surface area contributed by atoms with E-state index in [1.165, 1.54) is 7.11 Å². The SMILES string of the molecule is COc1ccc2c(c1OC)OC1(CCN(C(=O)CCOc3ccccc3)CC1)CC2=O. The molecule has 1 amide bonds. The maximum Gasteiger partial charge on any atom is 0.226 e. The molecule has 0 bridgehead atoms. The second-order valence-electron chi connectivity index (χ2n) is 7.86. The number of nitrogens with zero attached hydrogens (tertiary/aromatic N) is 1. The zero-order chi connectivity index (χ0) is 21.8. The number of benzene rings is 2. The molecule has 2 aromatic carbocycles. The third-order valence-electron chi connectivity index (χ3n) is 5.96. The van der Waals surface area contributed by atoms with Crippen LogP contribution in [0, 0.1) is 0 Å². The molecule has 0 unspecified atom stereocenters. The molecule has 1 spiro atoms. The summed E-state index contributed by atoms with van der Waals surface area (Å²) in [6, 6.07) is 12.9. The minimum Gasteiger partial charge on any atom is -0.493 e. The van der Waals surface area contributed by atoms with Crippen LogP contribution in [0.2, 0.25) is 0 Å². The molecule has 2 aromatic rings. The molecule has 1 saturated heterocycles. The normalized spacial score (nSPS) is 17.0. The number of ether oxygens (including phenoxy) is 4. The van der Waals surface area contributed by atoms with E-state index in [1.54, 1.807) is 19.2 Å². The van der Waals surface area contributed by atoms with E-state index >= 15 is 0 Å². The zero-order valence-electron chi connectivity index (χ0n) is 17.9. The predicted molar refractivity (Wildman–Crippen MR) is 114 cm³/mol. The lowest BCUT2D eigenvalue weighted by molar-refractivity contribution is -0.135. The summed E-state index contributed by atoms with van der Waals surface area (Å²) in [6.45, 7) is 1.42. The van der Waals surface area contributed by atoms with Crippen molar-refractivity contribution in [2.24, 2.45) is 0 Å². The van der Waals surface area contributed by atoms with Crippen LogP contribution in [0.25, 0.3) is 0 Å². The molecule has 0 atom stereocenters. The van der Waals surface area contributed by atoms with Crippen LogP contribution < -0.4 is 18.9 Å². The van der Waals surface area contributed by atoms with Gasteiger partial charge in [-0.25, -0.2) is 0 Å². The quantitative estimate of drug-likeness (QED) is 0.705. The van der Waals surface area contributed by atoms with Gasteiger partial charge in [-0.15, -0.1) is 0 Å². The van der Waals surface area contributed by atoms with Gasteiger partial charge in [0.1, 0.15) is 11.4 Å². The summed E-state index contributed by atoms with van der Waals surface area (Å²) in [5.74, 6) is 2.23. The maximum absolute atomic E-state index is 12.8. The second-order valence-corrected chi connectivity index (χ2v) is 7.86. The van der Waals surface area contributed by atoms with Crippen molar-refractivity contribution in [3.63, 3.8) is 0 Å². The first-order valence-corrected chi connectivity index (χ1v) is 10.5. The number of piperidine rings is 1. The fraction of sp³-hybridized carbons (Fsp3) is 0.417. The van der Waals surface area contributed by atoms with Crippen molar-refractivity contribution < 1.29 is 28.5 Å². The van der Waals surface area contributed by atoms with Gasteiger partial charge >= 0.3 is 0 Å². The number of likely N-dealkylation sites (tertiary alicyclic amines) is 1. The lowest BCUT2D eigenvalue weighted by Crippen LogP contribution is -2.52. The molecular formula is C24H27NO6. The summed E-state index contributed by atoms with van der Waals surface area (Å²) < 4.78 is 22.8. The molecule has 0 N–H and O–H groups in total. The molecule has 1 fully saturated rings. The van der Waals surface area contributed by atoms with Crippen LogP contribution in [0.15, 0.2) is 42.5 Å². The Bertz CT molecular complexity index is 950. The van der Waals surface area contributed by atoms with E-state index in [9.17, 15) is 9.59 Å². The van der Waals surface area contributed by atoms with Crippen molar-refractivity contribution in [2.75, 3.05) is 33.9 Å². The van der Waals surface area contributed by atoms with Crippen LogP contribution in [0.3, 0.4) is 0 Å². The fourth-order valence-electron chi connectivity index (χ4n) is 4.23. The number of ketones is 1. The second kappa shape index (κ2) is 8.88. The molecule has 0 saturated carbocycles. The Morgan fingerprint density at radius 1 is 1.06 bits per heavy atom. The number of fused-ring (bicyclic) bond motifs is 1. The number of Topliss-reactive ketones (excluding diaryl/α,β-unsaturated/α-hetero) is 1. The number of carbonyl (C=O) groups excluding carboxylic acids is 2. The van der Waals surface area contributed by atoms with E-state index in [0.29, 0.717) is 68.2 Å². The van der Waals surface area contributed by atoms with Crippen LogP contribution in [-0.2, 0) is 4.79 Å². The monoisotopic (exact) mass is 425 g/mol. The Balaban J connectivity index is 1.38. The van der Waals surface area contributed by atoms with E-state index in [2.05, 4.69) is 0 Å². The molecule has 7 heteroatoms. The van der Waals surface area contributed by atoms with E-state index < -0.39 is 5.60 Å². The van der Waals surface area contributed by atoms with Crippen molar-refractivity contribution in [1.29, 1.82) is 0 Å². The summed E-state index contributed by atoms with van der Waals surface area (Å²) in [5.41, 5.74) is -0.110. The van der Waals surface area contributed by atoms with Crippen LogP contribution in [0.5, 0.6) is 23.0 Å². The molecular weight excluding hydrogens is 398 g/mol. The van der Waals surface area contributed by atoms with Crippen LogP contribution >= 0.6 is 0 Å². The van der Waals surface area contributed by atoms with E-state index in [4.69, 9.17) is 18.9 Å². The third kappa shape index (κ3) is 4.31. The van der Waals surface area contributed by atoms with Crippen LogP contribution in [0.1, 0.15) is 36.0 Å². The number of rotatable bonds is 6. The molecule has 2 aliphatic heterocycles. The molecule has 0 radical (unpaired) electrons. The summed E-state index contributed by atoms with van der Waals surface area (Å²) in [7, 11) is 3.09. The van der Waals surface area contributed by atoms with Crippen molar-refractivity contribution in [3.05, 3.63) is 48.0 Å². The first-order chi connectivity index (χ1) is 15.0. The van der Waals surface area contributed by atoms with Gasteiger partial charge in [0.15, 0.2) is 17.3 Å². The van der Waals surface area contributed by atoms with Gasteiger partial charge in [0, 0.05) is 25.9 Å². The van der Waals surface area contributed by atoms with Crippen molar-refractivity contribution >= 4 is 11.7 Å². The maximum atomic E-state index is 12.8. The summed E-state index contributed by atoms with van der Waals surface area (Å²) in [5, 5.41) is 0. The van der Waals surface area contributed by atoms with Gasteiger partial charge in [0.2, 0.25) is 11.7 Å². The number of para-hydroxylation sites is 1. The van der Waals surface area contributed by atoms with E-state index in [-0.39, 0.29) is 11.7 Å². The van der Waals surface area contributed by atoms with Crippen LogP contribution in [0.4, 0.5) is 0 Å². The molecule has 2 aliphatic rings. The van der Waals surface area contributed by atoms with Crippen LogP contribution in [-0.4, -0.2) is 56.1 Å². The number of hydrogen-bond acceptors (Lipinski definition) is 6. The van der Waals surface area contributed by atoms with Crippen molar-refractivity contribution in [3.8, 4) is 23.0 Å². The lowest BCUT2D eigenvalue weighted by atomic mass is 9.82. The number of hydrogen-bond donors (Lipinski definition) is 0. The minimum atomic E-state index is -0.624. The third-order valence-corrected chi connectivity index (χ3v) is 5.96. The lowest BCUT2D eigenvalue weighted by Gasteiger charge is -2.44.